The maximum absolute atomic E-state index is 12.9. The lowest BCUT2D eigenvalue weighted by Crippen LogP contribution is -2.32. The van der Waals surface area contributed by atoms with Crippen LogP contribution < -0.4 is 10.2 Å². The summed E-state index contributed by atoms with van der Waals surface area (Å²) in [6.07, 6.45) is -0.998. The van der Waals surface area contributed by atoms with Crippen molar-refractivity contribution < 1.29 is 18.3 Å². The van der Waals surface area contributed by atoms with Crippen LogP contribution in [0.1, 0.15) is 53.5 Å². The second-order valence-electron chi connectivity index (χ2n) is 8.14. The van der Waals surface area contributed by atoms with Crippen molar-refractivity contribution in [2.45, 2.75) is 46.0 Å². The summed E-state index contributed by atoms with van der Waals surface area (Å²) in [5.41, 5.74) is 3.66. The Labute approximate surface area is 202 Å². The Morgan fingerprint density at radius 3 is 2.66 bits per heavy atom. The molecule has 7 nitrogen and oxygen atoms in total. The van der Waals surface area contributed by atoms with E-state index < -0.39 is 17.9 Å². The summed E-state index contributed by atoms with van der Waals surface area (Å²) in [6, 6.07) is 9.78. The standard InChI is InChI=1S/C24H23F3N6O.CH4/c1-15-2-4-21(17(10-15)11-28)33-8-6-20-18(13-33)23(31-14-30-20)32-19(7-9-34)16-3-5-22(29-12-16)24(25,26)27;/h2-5,10,12,14,19,34H,6-9,13H2,1H3,(H,30,31,32);1H4/t19-;/m0./s1. The van der Waals surface area contributed by atoms with Crippen molar-refractivity contribution in [3.05, 3.63) is 76.5 Å². The number of benzene rings is 1. The quantitative estimate of drug-likeness (QED) is 0.518. The molecule has 3 aromatic rings. The Morgan fingerprint density at radius 2 is 2.00 bits per heavy atom. The molecule has 0 saturated heterocycles. The maximum Gasteiger partial charge on any atom is 0.433 e. The molecule has 0 saturated carbocycles. The van der Waals surface area contributed by atoms with Crippen molar-refractivity contribution in [1.82, 2.24) is 15.0 Å². The van der Waals surface area contributed by atoms with Gasteiger partial charge >= 0.3 is 6.18 Å². The molecule has 10 heteroatoms. The number of hydrogen-bond donors (Lipinski definition) is 2. The largest absolute Gasteiger partial charge is 0.433 e. The molecule has 35 heavy (non-hydrogen) atoms. The summed E-state index contributed by atoms with van der Waals surface area (Å²) in [6.45, 7) is 2.91. The average molecular weight is 485 g/mol. The number of anilines is 2. The highest BCUT2D eigenvalue weighted by molar-refractivity contribution is 5.63. The minimum absolute atomic E-state index is 0. The maximum atomic E-state index is 12.9. The van der Waals surface area contributed by atoms with Gasteiger partial charge in [-0.25, -0.2) is 9.97 Å². The number of fused-ring (bicyclic) bond motifs is 1. The summed E-state index contributed by atoms with van der Waals surface area (Å²) in [7, 11) is 0. The number of aliphatic hydroxyl groups excluding tert-OH is 1. The van der Waals surface area contributed by atoms with Crippen LogP contribution >= 0.6 is 0 Å². The number of hydrogen-bond acceptors (Lipinski definition) is 7. The molecule has 1 atom stereocenters. The Bertz CT molecular complexity index is 1210. The second-order valence-corrected chi connectivity index (χ2v) is 8.14. The van der Waals surface area contributed by atoms with Gasteiger partial charge in [0.25, 0.3) is 0 Å². The highest BCUT2D eigenvalue weighted by Gasteiger charge is 2.32. The number of pyridine rings is 1. The smallest absolute Gasteiger partial charge is 0.396 e. The van der Waals surface area contributed by atoms with E-state index in [0.717, 1.165) is 28.6 Å². The third-order valence-corrected chi connectivity index (χ3v) is 5.82. The number of nitrogens with zero attached hydrogens (tertiary/aromatic N) is 5. The third-order valence-electron chi connectivity index (χ3n) is 5.82. The van der Waals surface area contributed by atoms with E-state index in [0.29, 0.717) is 36.5 Å². The van der Waals surface area contributed by atoms with E-state index in [1.807, 2.05) is 25.1 Å². The molecule has 0 fully saturated rings. The molecule has 1 aliphatic heterocycles. The first-order valence-corrected chi connectivity index (χ1v) is 10.8. The van der Waals surface area contributed by atoms with Crippen LogP contribution in [0, 0.1) is 18.3 Å². The molecule has 4 rings (SSSR count). The fourth-order valence-corrected chi connectivity index (χ4v) is 4.08. The monoisotopic (exact) mass is 484 g/mol. The van der Waals surface area contributed by atoms with Gasteiger partial charge in [-0.15, -0.1) is 0 Å². The van der Waals surface area contributed by atoms with E-state index in [4.69, 9.17) is 0 Å². The molecule has 0 spiro atoms. The van der Waals surface area contributed by atoms with E-state index in [1.165, 1.54) is 18.6 Å². The van der Waals surface area contributed by atoms with Crippen LogP contribution in [0.4, 0.5) is 24.7 Å². The normalized spacial score (nSPS) is 13.9. The highest BCUT2D eigenvalue weighted by atomic mass is 19.4. The van der Waals surface area contributed by atoms with Gasteiger partial charge in [0, 0.05) is 37.9 Å². The molecular formula is C25H27F3N6O. The molecule has 2 N–H and O–H groups in total. The molecule has 1 aromatic carbocycles. The molecule has 0 bridgehead atoms. The zero-order valence-electron chi connectivity index (χ0n) is 18.5. The summed E-state index contributed by atoms with van der Waals surface area (Å²) < 4.78 is 38.7. The van der Waals surface area contributed by atoms with Crippen LogP contribution in [0.2, 0.25) is 0 Å². The minimum atomic E-state index is -4.52. The highest BCUT2D eigenvalue weighted by Crippen LogP contribution is 2.32. The Kier molecular flexibility index (Phi) is 7.92. The molecule has 2 aromatic heterocycles. The number of aryl methyl sites for hydroxylation is 1. The van der Waals surface area contributed by atoms with Gasteiger partial charge in [-0.05, 0) is 42.7 Å². The Morgan fingerprint density at radius 1 is 1.20 bits per heavy atom. The molecule has 0 radical (unpaired) electrons. The fraction of sp³-hybridized carbons (Fsp3) is 0.360. The van der Waals surface area contributed by atoms with Crippen molar-refractivity contribution in [2.75, 3.05) is 23.4 Å². The van der Waals surface area contributed by atoms with Gasteiger partial charge in [0.15, 0.2) is 0 Å². The van der Waals surface area contributed by atoms with Crippen LogP contribution in [-0.2, 0) is 19.1 Å². The molecular weight excluding hydrogens is 457 g/mol. The van der Waals surface area contributed by atoms with Gasteiger partial charge in [0.05, 0.1) is 23.0 Å². The lowest BCUT2D eigenvalue weighted by molar-refractivity contribution is -0.141. The molecule has 0 amide bonds. The van der Waals surface area contributed by atoms with Gasteiger partial charge < -0.3 is 15.3 Å². The van der Waals surface area contributed by atoms with Crippen molar-refractivity contribution in [2.24, 2.45) is 0 Å². The second kappa shape index (κ2) is 10.7. The number of nitriles is 1. The number of nitrogens with one attached hydrogen (secondary N) is 1. The number of alkyl halides is 3. The van der Waals surface area contributed by atoms with Gasteiger partial charge in [0.1, 0.15) is 23.9 Å². The predicted molar refractivity (Wildman–Crippen MR) is 127 cm³/mol. The van der Waals surface area contributed by atoms with Crippen LogP contribution in [0.25, 0.3) is 0 Å². The zero-order chi connectivity index (χ0) is 24.3. The molecule has 1 aliphatic rings. The molecule has 3 heterocycles. The minimum Gasteiger partial charge on any atom is -0.396 e. The number of rotatable bonds is 6. The third kappa shape index (κ3) is 5.69. The fourth-order valence-electron chi connectivity index (χ4n) is 4.08. The molecule has 184 valence electrons. The van der Waals surface area contributed by atoms with Crippen LogP contribution in [0.3, 0.4) is 0 Å². The van der Waals surface area contributed by atoms with Crippen molar-refractivity contribution in [1.29, 1.82) is 5.26 Å². The first-order valence-electron chi connectivity index (χ1n) is 10.8. The number of aromatic nitrogens is 3. The van der Waals surface area contributed by atoms with Gasteiger partial charge in [-0.3, -0.25) is 4.98 Å². The topological polar surface area (TPSA) is 98.0 Å². The molecule has 0 unspecified atom stereocenters. The Balaban J connectivity index is 0.00000342. The summed E-state index contributed by atoms with van der Waals surface area (Å²) in [5.74, 6) is 0.540. The number of halogens is 3. The van der Waals surface area contributed by atoms with Gasteiger partial charge in [0.2, 0.25) is 0 Å². The van der Waals surface area contributed by atoms with Crippen molar-refractivity contribution in [3.63, 3.8) is 0 Å². The first-order chi connectivity index (χ1) is 16.3. The van der Waals surface area contributed by atoms with E-state index >= 15 is 0 Å². The van der Waals surface area contributed by atoms with Gasteiger partial charge in [-0.1, -0.05) is 19.6 Å². The zero-order valence-corrected chi connectivity index (χ0v) is 18.5. The van der Waals surface area contributed by atoms with E-state index in [9.17, 15) is 23.5 Å². The summed E-state index contributed by atoms with van der Waals surface area (Å²) in [4.78, 5) is 14.4. The molecule has 0 aliphatic carbocycles. The van der Waals surface area contributed by atoms with Crippen molar-refractivity contribution in [3.8, 4) is 6.07 Å². The SMILES string of the molecule is C.Cc1ccc(N2CCc3ncnc(N[C@@H](CCO)c4ccc(C(F)(F)F)nc4)c3C2)c(C#N)c1. The summed E-state index contributed by atoms with van der Waals surface area (Å²) in [5, 5.41) is 22.4. The first kappa shape index (κ1) is 25.9. The van der Waals surface area contributed by atoms with E-state index in [2.05, 4.69) is 31.2 Å². The van der Waals surface area contributed by atoms with E-state index in [1.54, 1.807) is 0 Å². The number of aliphatic hydroxyl groups is 1. The van der Waals surface area contributed by atoms with Gasteiger partial charge in [-0.2, -0.15) is 18.4 Å². The lowest BCUT2D eigenvalue weighted by Gasteiger charge is -2.32. The van der Waals surface area contributed by atoms with E-state index in [-0.39, 0.29) is 20.5 Å². The Hall–Kier alpha value is -3.71. The van der Waals surface area contributed by atoms with Crippen LogP contribution in [0.5, 0.6) is 0 Å². The van der Waals surface area contributed by atoms with Crippen LogP contribution in [-0.4, -0.2) is 33.2 Å². The lowest BCUT2D eigenvalue weighted by atomic mass is 10.0. The van der Waals surface area contributed by atoms with Crippen molar-refractivity contribution >= 4 is 11.5 Å². The van der Waals surface area contributed by atoms with Crippen LogP contribution in [0.15, 0.2) is 42.9 Å². The summed E-state index contributed by atoms with van der Waals surface area (Å²) >= 11 is 0. The average Bonchev–Trinajstić information content (AvgIpc) is 2.83. The predicted octanol–water partition coefficient (Wildman–Crippen LogP) is 4.80.